The molecule has 0 amide bonds. The van der Waals surface area contributed by atoms with Crippen LogP contribution in [0, 0.1) is 0 Å². The first-order chi connectivity index (χ1) is 23.3. The van der Waals surface area contributed by atoms with Crippen LogP contribution in [0.5, 0.6) is 0 Å². The molecule has 0 saturated heterocycles. The largest absolute Gasteiger partial charge is 0.456 e. The van der Waals surface area contributed by atoms with Crippen molar-refractivity contribution >= 4 is 92.1 Å². The average Bonchev–Trinajstić information content (AvgIpc) is 3.70. The summed E-state index contributed by atoms with van der Waals surface area (Å²) in [6, 6.07) is 59.0. The quantitative estimate of drug-likeness (QED) is 0.183. The molecule has 0 saturated carbocycles. The summed E-state index contributed by atoms with van der Waals surface area (Å²) in [5.41, 5.74) is 7.40. The van der Waals surface area contributed by atoms with Crippen molar-refractivity contribution in [1.82, 2.24) is 0 Å². The standard InChI is InChI=1S/C44H27NOS/c1-2-9-28(10-3-1)31-11-8-12-32(25-31)45(34-22-24-36-35-13-4-6-15-40(35)46-41(36)27-34)33-21-19-29-17-18-30-20-23-38-37-14-5-7-16-42(37)47-44(38)43(30)39(29)26-33/h1-27H. The lowest BCUT2D eigenvalue weighted by Gasteiger charge is -2.26. The topological polar surface area (TPSA) is 16.4 Å². The van der Waals surface area contributed by atoms with Crippen molar-refractivity contribution in [3.8, 4) is 11.1 Å². The van der Waals surface area contributed by atoms with E-state index in [1.165, 1.54) is 52.8 Å². The molecule has 8 aromatic carbocycles. The minimum atomic E-state index is 0.881. The number of fused-ring (bicyclic) bond motifs is 10. The number of thiophene rings is 1. The second kappa shape index (κ2) is 10.3. The molecule has 0 bridgehead atoms. The van der Waals surface area contributed by atoms with E-state index in [1.807, 2.05) is 23.5 Å². The second-order valence-corrected chi connectivity index (χ2v) is 13.2. The first-order valence-electron chi connectivity index (χ1n) is 15.9. The lowest BCUT2D eigenvalue weighted by molar-refractivity contribution is 0.669. The van der Waals surface area contributed by atoms with E-state index < -0.39 is 0 Å². The zero-order chi connectivity index (χ0) is 30.9. The molecule has 2 aromatic heterocycles. The molecule has 0 N–H and O–H groups in total. The summed E-state index contributed by atoms with van der Waals surface area (Å²) >= 11 is 1.89. The Labute approximate surface area is 275 Å². The van der Waals surface area contributed by atoms with Crippen molar-refractivity contribution < 1.29 is 4.42 Å². The number of anilines is 3. The van der Waals surface area contributed by atoms with E-state index in [0.717, 1.165) is 39.0 Å². The van der Waals surface area contributed by atoms with Crippen molar-refractivity contribution in [3.63, 3.8) is 0 Å². The van der Waals surface area contributed by atoms with Gasteiger partial charge in [0.15, 0.2) is 0 Å². The number of para-hydroxylation sites is 1. The Morgan fingerprint density at radius 1 is 0.404 bits per heavy atom. The number of benzene rings is 8. The number of furan rings is 1. The van der Waals surface area contributed by atoms with Gasteiger partial charge in [-0.3, -0.25) is 0 Å². The molecular weight excluding hydrogens is 591 g/mol. The first-order valence-corrected chi connectivity index (χ1v) is 16.7. The molecule has 2 heterocycles. The smallest absolute Gasteiger partial charge is 0.137 e. The minimum Gasteiger partial charge on any atom is -0.456 e. The highest BCUT2D eigenvalue weighted by atomic mass is 32.1. The van der Waals surface area contributed by atoms with Crippen LogP contribution in [-0.4, -0.2) is 0 Å². The summed E-state index contributed by atoms with van der Waals surface area (Å²) in [5, 5.41) is 9.96. The van der Waals surface area contributed by atoms with Gasteiger partial charge in [-0.25, -0.2) is 0 Å². The molecule has 0 spiro atoms. The van der Waals surface area contributed by atoms with Crippen LogP contribution in [0.15, 0.2) is 168 Å². The summed E-state index contributed by atoms with van der Waals surface area (Å²) in [6.07, 6.45) is 0. The fourth-order valence-electron chi connectivity index (χ4n) is 7.20. The molecule has 0 atom stereocenters. The van der Waals surface area contributed by atoms with Gasteiger partial charge >= 0.3 is 0 Å². The Morgan fingerprint density at radius 3 is 2.00 bits per heavy atom. The molecule has 0 aliphatic carbocycles. The third-order valence-corrected chi connectivity index (χ3v) is 10.6. The lowest BCUT2D eigenvalue weighted by atomic mass is 9.98. The summed E-state index contributed by atoms with van der Waals surface area (Å²) in [5.74, 6) is 0. The maximum Gasteiger partial charge on any atom is 0.137 e. The van der Waals surface area contributed by atoms with E-state index in [2.05, 4.69) is 157 Å². The molecule has 2 nitrogen and oxygen atoms in total. The van der Waals surface area contributed by atoms with Gasteiger partial charge in [0.1, 0.15) is 11.2 Å². The Kier molecular flexibility index (Phi) is 5.78. The highest BCUT2D eigenvalue weighted by molar-refractivity contribution is 7.26. The van der Waals surface area contributed by atoms with E-state index in [9.17, 15) is 0 Å². The van der Waals surface area contributed by atoms with Gasteiger partial charge in [-0.1, -0.05) is 109 Å². The fraction of sp³-hybridized carbons (Fsp3) is 0. The molecule has 0 unspecified atom stereocenters. The zero-order valence-corrected chi connectivity index (χ0v) is 26.2. The minimum absolute atomic E-state index is 0.881. The van der Waals surface area contributed by atoms with E-state index in [-0.39, 0.29) is 0 Å². The molecule has 47 heavy (non-hydrogen) atoms. The van der Waals surface area contributed by atoms with E-state index in [0.29, 0.717) is 0 Å². The molecule has 3 heteroatoms. The van der Waals surface area contributed by atoms with Gasteiger partial charge in [0, 0.05) is 59.5 Å². The number of rotatable bonds is 4. The summed E-state index contributed by atoms with van der Waals surface area (Å²) in [4.78, 5) is 2.36. The van der Waals surface area contributed by atoms with Crippen LogP contribution in [0.2, 0.25) is 0 Å². The Hall–Kier alpha value is -5.90. The van der Waals surface area contributed by atoms with E-state index in [1.54, 1.807) is 0 Å². The number of hydrogen-bond acceptors (Lipinski definition) is 3. The van der Waals surface area contributed by atoms with E-state index in [4.69, 9.17) is 4.42 Å². The highest BCUT2D eigenvalue weighted by Crippen LogP contribution is 2.44. The Morgan fingerprint density at radius 2 is 1.06 bits per heavy atom. The van der Waals surface area contributed by atoms with Crippen LogP contribution < -0.4 is 4.90 Å². The summed E-state index contributed by atoms with van der Waals surface area (Å²) in [6.45, 7) is 0. The van der Waals surface area contributed by atoms with Crippen LogP contribution >= 0.6 is 11.3 Å². The second-order valence-electron chi connectivity index (χ2n) is 12.1. The van der Waals surface area contributed by atoms with Crippen molar-refractivity contribution in [1.29, 1.82) is 0 Å². The Balaban J connectivity index is 1.24. The molecule has 0 aliphatic rings. The monoisotopic (exact) mass is 617 g/mol. The molecule has 220 valence electrons. The van der Waals surface area contributed by atoms with Crippen LogP contribution in [0.4, 0.5) is 17.1 Å². The third kappa shape index (κ3) is 4.17. The van der Waals surface area contributed by atoms with Crippen molar-refractivity contribution in [2.24, 2.45) is 0 Å². The molecule has 0 fully saturated rings. The summed E-state index contributed by atoms with van der Waals surface area (Å²) < 4.78 is 9.05. The van der Waals surface area contributed by atoms with Crippen LogP contribution in [-0.2, 0) is 0 Å². The maximum absolute atomic E-state index is 6.39. The van der Waals surface area contributed by atoms with Gasteiger partial charge in [0.2, 0.25) is 0 Å². The number of nitrogens with zero attached hydrogens (tertiary/aromatic N) is 1. The predicted octanol–water partition coefficient (Wildman–Crippen LogP) is 13.4. The zero-order valence-electron chi connectivity index (χ0n) is 25.4. The SMILES string of the molecule is c1ccc(-c2cccc(N(c3ccc4c(c3)oc3ccccc34)c3ccc4ccc5ccc6c7ccccc7sc6c5c4c3)c2)cc1. The van der Waals surface area contributed by atoms with Gasteiger partial charge < -0.3 is 9.32 Å². The van der Waals surface area contributed by atoms with Crippen LogP contribution in [0.1, 0.15) is 0 Å². The van der Waals surface area contributed by atoms with Gasteiger partial charge in [-0.15, -0.1) is 11.3 Å². The van der Waals surface area contributed by atoms with Gasteiger partial charge in [-0.2, -0.15) is 0 Å². The Bertz CT molecular complexity index is 2810. The maximum atomic E-state index is 6.39. The average molecular weight is 618 g/mol. The van der Waals surface area contributed by atoms with Gasteiger partial charge in [0.05, 0.1) is 0 Å². The predicted molar refractivity (Wildman–Crippen MR) is 202 cm³/mol. The molecule has 0 radical (unpaired) electrons. The highest BCUT2D eigenvalue weighted by Gasteiger charge is 2.18. The van der Waals surface area contributed by atoms with E-state index >= 15 is 0 Å². The first kappa shape index (κ1) is 26.3. The van der Waals surface area contributed by atoms with Crippen LogP contribution in [0.25, 0.3) is 74.8 Å². The summed E-state index contributed by atoms with van der Waals surface area (Å²) in [7, 11) is 0. The normalized spacial score (nSPS) is 11.8. The third-order valence-electron chi connectivity index (χ3n) is 9.42. The van der Waals surface area contributed by atoms with Gasteiger partial charge in [0.25, 0.3) is 0 Å². The van der Waals surface area contributed by atoms with Crippen molar-refractivity contribution in [3.05, 3.63) is 164 Å². The molecule has 10 aromatic rings. The van der Waals surface area contributed by atoms with Crippen molar-refractivity contribution in [2.45, 2.75) is 0 Å². The number of hydrogen-bond donors (Lipinski definition) is 0. The van der Waals surface area contributed by atoms with Crippen molar-refractivity contribution in [2.75, 3.05) is 4.90 Å². The fourth-order valence-corrected chi connectivity index (χ4v) is 8.47. The molecule has 0 aliphatic heterocycles. The molecule has 10 rings (SSSR count). The molecular formula is C44H27NOS. The lowest BCUT2D eigenvalue weighted by Crippen LogP contribution is -2.10. The van der Waals surface area contributed by atoms with Gasteiger partial charge in [-0.05, 0) is 75.8 Å². The van der Waals surface area contributed by atoms with Crippen LogP contribution in [0.3, 0.4) is 0 Å².